The van der Waals surface area contributed by atoms with Crippen molar-refractivity contribution < 1.29 is 72.0 Å². The number of carbonyl (C=O) groups is 3. The Morgan fingerprint density at radius 1 is 0.902 bits per heavy atom. The fraction of sp³-hybridized carbons (Fsp3) is 0.436. The summed E-state index contributed by atoms with van der Waals surface area (Å²) in [4.78, 5) is 42.3. The molecule has 3 aliphatic heterocycles. The van der Waals surface area contributed by atoms with Crippen LogP contribution in [0.4, 0.5) is 5.69 Å². The summed E-state index contributed by atoms with van der Waals surface area (Å²) in [5.74, 6) is -2.54. The topological polar surface area (TPSA) is 265 Å². The van der Waals surface area contributed by atoms with Gasteiger partial charge in [0, 0.05) is 61.3 Å². The zero-order valence-electron chi connectivity index (χ0n) is 33.5. The van der Waals surface area contributed by atoms with Crippen molar-refractivity contribution in [1.82, 2.24) is 9.64 Å². The highest BCUT2D eigenvalue weighted by atomic mass is 32.2. The molecule has 1 saturated heterocycles. The van der Waals surface area contributed by atoms with Gasteiger partial charge in [0.1, 0.15) is 18.9 Å². The number of benzene rings is 2. The second kappa shape index (κ2) is 19.9. The molecule has 332 valence electrons. The Labute approximate surface area is 353 Å². The third-order valence-corrected chi connectivity index (χ3v) is 12.7. The summed E-state index contributed by atoms with van der Waals surface area (Å²) in [5.41, 5.74) is 1.94. The standard InChI is InChI=1S/C39H47N3O16S3/c1-39(16-4-24-59(46,47)48)32-27-30(61(52,53)54)9-11-33(32)41(19-23-56-20-15-38(45)58-42-36(43)12-13-37(42)44)35(39)7-3-6-28-14-21-57-34-26-29(8-10-31(28)34)40(18-22-55-2)17-5-25-60(49,50)51/h3,6-11,14,21,26-27H,4-5,12-13,15-20,22-25H2,1-2H3,(H2-,46,47,48,49,50,51,52,53,54)/p+1. The molecule has 0 aromatic heterocycles. The molecular weight excluding hydrogens is 863 g/mol. The average molecular weight is 911 g/mol. The Bertz CT molecular complexity index is 2550. The number of allylic oxidation sites excluding steroid dienone is 3. The van der Waals surface area contributed by atoms with Crippen LogP contribution in [0.2, 0.25) is 0 Å². The second-order valence-electron chi connectivity index (χ2n) is 14.5. The second-order valence-corrected chi connectivity index (χ2v) is 19.1. The predicted octanol–water partition coefficient (Wildman–Crippen LogP) is 2.68. The van der Waals surface area contributed by atoms with Crippen LogP contribution in [-0.4, -0.2) is 120 Å². The number of imide groups is 1. The molecule has 0 radical (unpaired) electrons. The monoisotopic (exact) mass is 910 g/mol. The van der Waals surface area contributed by atoms with E-state index in [2.05, 4.69) is 0 Å². The first-order valence-corrected chi connectivity index (χ1v) is 23.8. The highest BCUT2D eigenvalue weighted by molar-refractivity contribution is 7.86. The number of fused-ring (bicyclic) bond motifs is 2. The summed E-state index contributed by atoms with van der Waals surface area (Å²) in [6.07, 6.45) is 6.72. The molecule has 2 amide bonds. The van der Waals surface area contributed by atoms with E-state index >= 15 is 0 Å². The molecule has 0 saturated carbocycles. The Balaban J connectivity index is 1.46. The first kappa shape index (κ1) is 47.2. The molecule has 3 N–H and O–H groups in total. The third kappa shape index (κ3) is 12.6. The maximum absolute atomic E-state index is 12.3. The molecule has 1 fully saturated rings. The summed E-state index contributed by atoms with van der Waals surface area (Å²) in [6, 6.07) is 11.3. The number of nitrogens with zero attached hydrogens (tertiary/aromatic N) is 3. The minimum Gasteiger partial charge on any atom is -0.464 e. The molecule has 1 unspecified atom stereocenters. The molecule has 61 heavy (non-hydrogen) atoms. The number of amides is 2. The number of hydroxylamine groups is 2. The van der Waals surface area contributed by atoms with Crippen molar-refractivity contribution in [3.8, 4) is 11.3 Å². The highest BCUT2D eigenvalue weighted by Gasteiger charge is 2.44. The molecule has 1 aromatic rings. The number of rotatable bonds is 21. The zero-order valence-corrected chi connectivity index (χ0v) is 35.9. The molecule has 1 atom stereocenters. The molecule has 5 rings (SSSR count). The Morgan fingerprint density at radius 2 is 1.61 bits per heavy atom. The Hall–Kier alpha value is -4.81. The van der Waals surface area contributed by atoms with E-state index in [0.717, 1.165) is 16.5 Å². The van der Waals surface area contributed by atoms with Gasteiger partial charge in [-0.3, -0.25) is 23.2 Å². The van der Waals surface area contributed by atoms with Gasteiger partial charge in [-0.05, 0) is 67.3 Å². The van der Waals surface area contributed by atoms with E-state index < -0.39 is 65.1 Å². The average Bonchev–Trinajstić information content (AvgIpc) is 3.61. The summed E-state index contributed by atoms with van der Waals surface area (Å²) in [5, 5.41) is 1.17. The van der Waals surface area contributed by atoms with Gasteiger partial charge in [0.05, 0.1) is 48.4 Å². The van der Waals surface area contributed by atoms with Crippen LogP contribution < -0.4 is 14.8 Å². The third-order valence-electron chi connectivity index (χ3n) is 10.2. The van der Waals surface area contributed by atoms with E-state index in [1.54, 1.807) is 44.4 Å². The van der Waals surface area contributed by atoms with Gasteiger partial charge in [-0.25, -0.2) is 9.37 Å². The minimum atomic E-state index is -4.65. The Morgan fingerprint density at radius 3 is 2.28 bits per heavy atom. The molecule has 3 heterocycles. The van der Waals surface area contributed by atoms with Crippen LogP contribution in [0, 0.1) is 0 Å². The maximum atomic E-state index is 12.3. The maximum Gasteiger partial charge on any atom is 0.335 e. The van der Waals surface area contributed by atoms with Gasteiger partial charge < -0.3 is 23.6 Å². The summed E-state index contributed by atoms with van der Waals surface area (Å²) in [7, 11) is -11.6. The number of ether oxygens (including phenoxy) is 2. The van der Waals surface area contributed by atoms with E-state index in [9.17, 15) is 53.3 Å². The van der Waals surface area contributed by atoms with Crippen LogP contribution in [0.1, 0.15) is 56.6 Å². The van der Waals surface area contributed by atoms with Gasteiger partial charge in [-0.2, -0.15) is 25.3 Å². The van der Waals surface area contributed by atoms with Crippen molar-refractivity contribution in [3.05, 3.63) is 83.1 Å². The van der Waals surface area contributed by atoms with Crippen LogP contribution >= 0.6 is 0 Å². The first-order chi connectivity index (χ1) is 28.7. The number of carbonyl (C=O) groups excluding carboxylic acids is 3. The number of hydrogen-bond donors (Lipinski definition) is 3. The summed E-state index contributed by atoms with van der Waals surface area (Å²) < 4.78 is 118. The van der Waals surface area contributed by atoms with Crippen LogP contribution in [0.5, 0.6) is 0 Å². The van der Waals surface area contributed by atoms with Crippen molar-refractivity contribution in [3.63, 3.8) is 0 Å². The molecular formula is C39H48N3O16S3+. The fourth-order valence-corrected chi connectivity index (χ4v) is 8.74. The highest BCUT2D eigenvalue weighted by Crippen LogP contribution is 2.51. The van der Waals surface area contributed by atoms with Crippen LogP contribution in [0.25, 0.3) is 17.4 Å². The van der Waals surface area contributed by atoms with Crippen molar-refractivity contribution in [2.24, 2.45) is 0 Å². The Kier molecular flexibility index (Phi) is 15.4. The molecule has 1 aliphatic carbocycles. The molecule has 0 bridgehead atoms. The lowest BCUT2D eigenvalue weighted by Gasteiger charge is -2.30. The van der Waals surface area contributed by atoms with Gasteiger partial charge in [-0.15, -0.1) is 5.06 Å². The SMILES string of the molecule is COCC[N+](CCCS(=O)(=O)O)=c1ccc2c(/C=C/C=C3/N(CCOCCC(=O)ON4C(=O)CCC4=O)c4ccc(S(=O)(=O)O)cc4C3(C)CCCS(=O)(=O)O)ccoc-2c1. The lowest BCUT2D eigenvalue weighted by atomic mass is 9.77. The molecule has 1 aromatic carbocycles. The minimum absolute atomic E-state index is 0.0148. The van der Waals surface area contributed by atoms with E-state index in [1.165, 1.54) is 24.5 Å². The summed E-state index contributed by atoms with van der Waals surface area (Å²) in [6.45, 7) is 2.92. The van der Waals surface area contributed by atoms with Gasteiger partial charge in [0.25, 0.3) is 42.2 Å². The molecule has 0 spiro atoms. The molecule has 22 heteroatoms. The molecule has 19 nitrogen and oxygen atoms in total. The van der Waals surface area contributed by atoms with E-state index in [1.807, 2.05) is 21.6 Å². The van der Waals surface area contributed by atoms with E-state index in [4.69, 9.17) is 18.7 Å². The lowest BCUT2D eigenvalue weighted by Crippen LogP contribution is -2.34. The van der Waals surface area contributed by atoms with E-state index in [-0.39, 0.29) is 63.2 Å². The fourth-order valence-electron chi connectivity index (χ4n) is 7.23. The van der Waals surface area contributed by atoms with Gasteiger partial charge in [0.2, 0.25) is 5.36 Å². The quantitative estimate of drug-likeness (QED) is 0.0600. The lowest BCUT2D eigenvalue weighted by molar-refractivity contribution is -0.198. The van der Waals surface area contributed by atoms with Gasteiger partial charge in [0.15, 0.2) is 6.54 Å². The number of methoxy groups -OCH3 is 1. The normalized spacial score (nSPS) is 18.5. The van der Waals surface area contributed by atoms with Crippen molar-refractivity contribution in [1.29, 1.82) is 0 Å². The number of anilines is 1. The van der Waals surface area contributed by atoms with Crippen molar-refractivity contribution in [2.45, 2.75) is 55.8 Å². The van der Waals surface area contributed by atoms with Crippen LogP contribution in [0.15, 0.2) is 75.9 Å². The van der Waals surface area contributed by atoms with Crippen molar-refractivity contribution in [2.75, 3.05) is 63.0 Å². The predicted molar refractivity (Wildman–Crippen MR) is 220 cm³/mol. The smallest absolute Gasteiger partial charge is 0.335 e. The van der Waals surface area contributed by atoms with Gasteiger partial charge in [-0.1, -0.05) is 12.2 Å². The zero-order chi connectivity index (χ0) is 44.6. The summed E-state index contributed by atoms with van der Waals surface area (Å²) >= 11 is 0. The largest absolute Gasteiger partial charge is 0.464 e. The van der Waals surface area contributed by atoms with E-state index in [0.29, 0.717) is 47.5 Å². The first-order valence-electron chi connectivity index (χ1n) is 19.1. The molecule has 4 aliphatic rings. The van der Waals surface area contributed by atoms with Crippen LogP contribution in [0.3, 0.4) is 0 Å². The van der Waals surface area contributed by atoms with Crippen LogP contribution in [-0.2, 0) is 64.5 Å². The number of hydrogen-bond acceptors (Lipinski definition) is 14. The van der Waals surface area contributed by atoms with Crippen molar-refractivity contribution >= 4 is 59.9 Å². The van der Waals surface area contributed by atoms with Gasteiger partial charge >= 0.3 is 5.97 Å².